The predicted octanol–water partition coefficient (Wildman–Crippen LogP) is 4.85. The molecule has 0 aliphatic rings. The van der Waals surface area contributed by atoms with Gasteiger partial charge in [0.15, 0.2) is 18.2 Å². The lowest BCUT2D eigenvalue weighted by Crippen LogP contribution is -2.24. The zero-order chi connectivity index (χ0) is 25.1. The Balaban J connectivity index is 1.66. The van der Waals surface area contributed by atoms with Crippen LogP contribution in [0.15, 0.2) is 48.7 Å². The van der Waals surface area contributed by atoms with Crippen LogP contribution in [0.3, 0.4) is 0 Å². The number of fused-ring (bicyclic) bond motifs is 1. The zero-order valence-electron chi connectivity index (χ0n) is 20.5. The van der Waals surface area contributed by atoms with E-state index >= 15 is 0 Å². The summed E-state index contributed by atoms with van der Waals surface area (Å²) in [6, 6.07) is 13.6. The molecule has 8 heteroatoms. The standard InChI is InChI=1S/C27H28N4O4/c1-6-34-27(33)21-14-28-31(24-13-18(4)20-9-7-8-10-22(20)29-24)26(21)30-25(32)15-35-23-12-16(2)11-17(3)19(23)5/h7-14H,6,15H2,1-5H3,(H,30,32). The molecule has 0 aliphatic carbocycles. The average molecular weight is 473 g/mol. The maximum atomic E-state index is 12.9. The van der Waals surface area contributed by atoms with Crippen molar-refractivity contribution in [3.05, 3.63) is 76.5 Å². The number of para-hydroxylation sites is 1. The number of carbonyl (C=O) groups is 2. The minimum atomic E-state index is -0.586. The van der Waals surface area contributed by atoms with Gasteiger partial charge in [-0.2, -0.15) is 9.78 Å². The van der Waals surface area contributed by atoms with Gasteiger partial charge < -0.3 is 14.8 Å². The van der Waals surface area contributed by atoms with Gasteiger partial charge >= 0.3 is 5.97 Å². The van der Waals surface area contributed by atoms with Crippen molar-refractivity contribution < 1.29 is 19.1 Å². The van der Waals surface area contributed by atoms with Crippen LogP contribution in [0.25, 0.3) is 16.7 Å². The highest BCUT2D eigenvalue weighted by molar-refractivity contribution is 6.01. The minimum Gasteiger partial charge on any atom is -0.483 e. The summed E-state index contributed by atoms with van der Waals surface area (Å²) in [7, 11) is 0. The largest absolute Gasteiger partial charge is 0.483 e. The van der Waals surface area contributed by atoms with E-state index in [1.54, 1.807) is 6.92 Å². The summed E-state index contributed by atoms with van der Waals surface area (Å²) in [5.41, 5.74) is 5.00. The fourth-order valence-electron chi connectivity index (χ4n) is 3.90. The summed E-state index contributed by atoms with van der Waals surface area (Å²) >= 11 is 0. The van der Waals surface area contributed by atoms with Gasteiger partial charge in [-0.3, -0.25) is 4.79 Å². The van der Waals surface area contributed by atoms with Crippen molar-refractivity contribution in [2.24, 2.45) is 0 Å². The van der Waals surface area contributed by atoms with E-state index in [-0.39, 0.29) is 24.6 Å². The molecular formula is C27H28N4O4. The first-order chi connectivity index (χ1) is 16.8. The highest BCUT2D eigenvalue weighted by Crippen LogP contribution is 2.26. The molecule has 0 radical (unpaired) electrons. The average Bonchev–Trinajstić information content (AvgIpc) is 3.24. The Labute approximate surface area is 203 Å². The Hall–Kier alpha value is -4.20. The van der Waals surface area contributed by atoms with Crippen LogP contribution >= 0.6 is 0 Å². The highest BCUT2D eigenvalue weighted by atomic mass is 16.5. The van der Waals surface area contributed by atoms with Crippen molar-refractivity contribution in [3.63, 3.8) is 0 Å². The van der Waals surface area contributed by atoms with Crippen molar-refractivity contribution in [2.75, 3.05) is 18.5 Å². The zero-order valence-corrected chi connectivity index (χ0v) is 20.5. The molecule has 1 N–H and O–H groups in total. The van der Waals surface area contributed by atoms with Gasteiger partial charge in [-0.25, -0.2) is 9.78 Å². The summed E-state index contributed by atoms with van der Waals surface area (Å²) in [6.45, 7) is 9.57. The molecule has 0 saturated carbocycles. The molecule has 0 aliphatic heterocycles. The number of anilines is 1. The maximum Gasteiger partial charge on any atom is 0.343 e. The quantitative estimate of drug-likeness (QED) is 0.387. The van der Waals surface area contributed by atoms with Gasteiger partial charge in [0.1, 0.15) is 11.3 Å². The summed E-state index contributed by atoms with van der Waals surface area (Å²) in [5, 5.41) is 8.13. The number of carbonyl (C=O) groups excluding carboxylic acids is 2. The van der Waals surface area contributed by atoms with Gasteiger partial charge in [-0.1, -0.05) is 24.3 Å². The first-order valence-electron chi connectivity index (χ1n) is 11.4. The number of ether oxygens (including phenoxy) is 2. The van der Waals surface area contributed by atoms with Crippen LogP contribution in [0.2, 0.25) is 0 Å². The number of pyridine rings is 1. The Morgan fingerprint density at radius 1 is 1.03 bits per heavy atom. The number of nitrogens with zero attached hydrogens (tertiary/aromatic N) is 3. The van der Waals surface area contributed by atoms with E-state index in [9.17, 15) is 9.59 Å². The molecule has 2 aromatic carbocycles. The van der Waals surface area contributed by atoms with Gasteiger partial charge in [0.05, 0.1) is 18.3 Å². The van der Waals surface area contributed by atoms with Gasteiger partial charge in [0, 0.05) is 5.39 Å². The molecule has 4 aromatic rings. The van der Waals surface area contributed by atoms with Gasteiger partial charge in [-0.15, -0.1) is 0 Å². The fraction of sp³-hybridized carbons (Fsp3) is 0.259. The van der Waals surface area contributed by atoms with Gasteiger partial charge in [0.25, 0.3) is 5.91 Å². The molecule has 1 amide bonds. The second-order valence-corrected chi connectivity index (χ2v) is 8.40. The molecule has 2 aromatic heterocycles. The molecule has 180 valence electrons. The summed E-state index contributed by atoms with van der Waals surface area (Å²) in [5.74, 6) is 0.268. The third kappa shape index (κ3) is 5.01. The van der Waals surface area contributed by atoms with Crippen LogP contribution in [0.1, 0.15) is 39.5 Å². The van der Waals surface area contributed by atoms with Crippen molar-refractivity contribution in [3.8, 4) is 11.6 Å². The smallest absolute Gasteiger partial charge is 0.343 e. The molecule has 0 saturated heterocycles. The first-order valence-corrected chi connectivity index (χ1v) is 11.4. The number of hydrogen-bond donors (Lipinski definition) is 1. The molecule has 0 atom stereocenters. The van der Waals surface area contributed by atoms with Crippen LogP contribution in [0, 0.1) is 27.7 Å². The number of aromatic nitrogens is 3. The van der Waals surface area contributed by atoms with E-state index in [0.717, 1.165) is 33.2 Å². The number of benzene rings is 2. The van der Waals surface area contributed by atoms with Crippen LogP contribution in [0.4, 0.5) is 5.82 Å². The number of rotatable bonds is 7. The van der Waals surface area contributed by atoms with E-state index < -0.39 is 11.9 Å². The van der Waals surface area contributed by atoms with Crippen molar-refractivity contribution >= 4 is 28.6 Å². The summed E-state index contributed by atoms with van der Waals surface area (Å²) in [6.07, 6.45) is 1.37. The molecule has 2 heterocycles. The highest BCUT2D eigenvalue weighted by Gasteiger charge is 2.23. The van der Waals surface area contributed by atoms with Crippen molar-refractivity contribution in [1.29, 1.82) is 0 Å². The Morgan fingerprint density at radius 2 is 1.80 bits per heavy atom. The normalized spacial score (nSPS) is 10.9. The van der Waals surface area contributed by atoms with Crippen LogP contribution in [-0.4, -0.2) is 39.9 Å². The monoisotopic (exact) mass is 472 g/mol. The Bertz CT molecular complexity index is 1420. The minimum absolute atomic E-state index is 0.135. The van der Waals surface area contributed by atoms with Crippen LogP contribution < -0.4 is 10.1 Å². The second-order valence-electron chi connectivity index (χ2n) is 8.40. The van der Waals surface area contributed by atoms with Crippen LogP contribution in [0.5, 0.6) is 5.75 Å². The lowest BCUT2D eigenvalue weighted by Gasteiger charge is -2.14. The lowest BCUT2D eigenvalue weighted by molar-refractivity contribution is -0.118. The van der Waals surface area contributed by atoms with Crippen LogP contribution in [-0.2, 0) is 9.53 Å². The topological polar surface area (TPSA) is 95.3 Å². The number of aryl methyl sites for hydroxylation is 3. The first kappa shape index (κ1) is 23.9. The van der Waals surface area contributed by atoms with Crippen molar-refractivity contribution in [1.82, 2.24) is 14.8 Å². The van der Waals surface area contributed by atoms with E-state index in [1.807, 2.05) is 64.1 Å². The van der Waals surface area contributed by atoms with E-state index in [4.69, 9.17) is 9.47 Å². The number of esters is 1. The summed E-state index contributed by atoms with van der Waals surface area (Å²) < 4.78 is 12.4. The van der Waals surface area contributed by atoms with Crippen molar-refractivity contribution in [2.45, 2.75) is 34.6 Å². The Kier molecular flexibility index (Phi) is 6.82. The lowest BCUT2D eigenvalue weighted by atomic mass is 10.1. The molecule has 0 bridgehead atoms. The third-order valence-corrected chi connectivity index (χ3v) is 5.77. The number of amides is 1. The summed E-state index contributed by atoms with van der Waals surface area (Å²) in [4.78, 5) is 30.2. The van der Waals surface area contributed by atoms with E-state index in [2.05, 4.69) is 21.5 Å². The number of hydrogen-bond acceptors (Lipinski definition) is 6. The molecule has 0 fully saturated rings. The molecular weight excluding hydrogens is 444 g/mol. The molecule has 8 nitrogen and oxygen atoms in total. The predicted molar refractivity (Wildman–Crippen MR) is 134 cm³/mol. The van der Waals surface area contributed by atoms with E-state index in [1.165, 1.54) is 10.9 Å². The number of nitrogens with one attached hydrogen (secondary N) is 1. The molecule has 35 heavy (non-hydrogen) atoms. The molecule has 4 rings (SSSR count). The second kappa shape index (κ2) is 9.97. The maximum absolute atomic E-state index is 12.9. The van der Waals surface area contributed by atoms with Gasteiger partial charge in [0.2, 0.25) is 0 Å². The Morgan fingerprint density at radius 3 is 2.57 bits per heavy atom. The fourth-order valence-corrected chi connectivity index (χ4v) is 3.90. The van der Waals surface area contributed by atoms with Gasteiger partial charge in [-0.05, 0) is 75.1 Å². The van der Waals surface area contributed by atoms with E-state index in [0.29, 0.717) is 11.6 Å². The molecule has 0 spiro atoms. The molecule has 0 unspecified atom stereocenters. The third-order valence-electron chi connectivity index (χ3n) is 5.77. The SMILES string of the molecule is CCOC(=O)c1cnn(-c2cc(C)c3ccccc3n2)c1NC(=O)COc1cc(C)cc(C)c1C.